The van der Waals surface area contributed by atoms with Crippen LogP contribution in [0.3, 0.4) is 0 Å². The van der Waals surface area contributed by atoms with Crippen LogP contribution in [0.5, 0.6) is 0 Å². The van der Waals surface area contributed by atoms with Crippen LogP contribution in [-0.4, -0.2) is 41.7 Å². The summed E-state index contributed by atoms with van der Waals surface area (Å²) in [6.45, 7) is 0.388. The molecule has 30 heavy (non-hydrogen) atoms. The fourth-order valence-electron chi connectivity index (χ4n) is 3.97. The van der Waals surface area contributed by atoms with Crippen molar-refractivity contribution in [3.63, 3.8) is 0 Å². The minimum absolute atomic E-state index is 0.0664. The molecule has 0 radical (unpaired) electrons. The number of imidazole rings is 1. The van der Waals surface area contributed by atoms with Crippen molar-refractivity contribution in [3.8, 4) is 11.3 Å². The summed E-state index contributed by atoms with van der Waals surface area (Å²) in [5, 5.41) is 0. The largest absolute Gasteiger partial charge is 0.381 e. The van der Waals surface area contributed by atoms with Gasteiger partial charge in [-0.1, -0.05) is 41.7 Å². The molecule has 1 fully saturated rings. The highest BCUT2D eigenvalue weighted by molar-refractivity contribution is 7.93. The molecule has 2 aromatic heterocycles. The van der Waals surface area contributed by atoms with Crippen LogP contribution >= 0.6 is 11.3 Å². The lowest BCUT2D eigenvalue weighted by molar-refractivity contribution is -0.122. The summed E-state index contributed by atoms with van der Waals surface area (Å²) in [4.78, 5) is 17.8. The number of primary amides is 1. The van der Waals surface area contributed by atoms with Gasteiger partial charge in [0.25, 0.3) is 0 Å². The number of hydrogen-bond donors (Lipinski definition) is 1. The summed E-state index contributed by atoms with van der Waals surface area (Å²) in [7, 11) is -3.96. The van der Waals surface area contributed by atoms with Gasteiger partial charge in [0.2, 0.25) is 5.91 Å². The van der Waals surface area contributed by atoms with Crippen LogP contribution in [0.15, 0.2) is 59.6 Å². The first-order chi connectivity index (χ1) is 14.4. The van der Waals surface area contributed by atoms with Crippen LogP contribution in [-0.2, 0) is 19.4 Å². The number of rotatable bonds is 4. The van der Waals surface area contributed by atoms with Gasteiger partial charge in [-0.2, -0.15) is 0 Å². The Hall–Kier alpha value is -2.75. The number of nitrogens with zero attached hydrogens (tertiary/aromatic N) is 2. The summed E-state index contributed by atoms with van der Waals surface area (Å²) in [5.41, 5.74) is 8.31. The Labute approximate surface area is 177 Å². The standard InChI is InChI=1S/C21H19N3O4S2/c22-19(25)21(8-10-28-11-9-21)30(26,27)15-6-7-17-18(12-15)29-20-23-16(13-24(17)20)14-4-2-1-3-5-14/h1-7,12-13H,8-11H2,(H2,22,25). The third-order valence-electron chi connectivity index (χ3n) is 5.71. The molecule has 154 valence electrons. The van der Waals surface area contributed by atoms with Crippen molar-refractivity contribution in [1.82, 2.24) is 9.38 Å². The van der Waals surface area contributed by atoms with E-state index in [4.69, 9.17) is 10.5 Å². The van der Waals surface area contributed by atoms with E-state index in [1.165, 1.54) is 11.3 Å². The second-order valence-corrected chi connectivity index (χ2v) is 10.6. The Morgan fingerprint density at radius 3 is 2.57 bits per heavy atom. The number of thiazole rings is 1. The Kier molecular flexibility index (Phi) is 4.42. The van der Waals surface area contributed by atoms with Gasteiger partial charge in [-0.3, -0.25) is 9.20 Å². The molecule has 1 aliphatic rings. The maximum atomic E-state index is 13.4. The fraction of sp³-hybridized carbons (Fsp3) is 0.238. The van der Waals surface area contributed by atoms with Crippen LogP contribution in [0.2, 0.25) is 0 Å². The molecule has 0 spiro atoms. The summed E-state index contributed by atoms with van der Waals surface area (Å²) >= 11 is 1.41. The zero-order valence-electron chi connectivity index (χ0n) is 15.9. The molecule has 0 atom stereocenters. The van der Waals surface area contributed by atoms with E-state index in [0.717, 1.165) is 26.4 Å². The Morgan fingerprint density at radius 1 is 1.13 bits per heavy atom. The zero-order valence-corrected chi connectivity index (χ0v) is 17.6. The molecule has 0 unspecified atom stereocenters. The SMILES string of the molecule is NC(=O)C1(S(=O)(=O)c2ccc3c(c2)sc2nc(-c4ccccc4)cn23)CCOCC1. The summed E-state index contributed by atoms with van der Waals surface area (Å²) in [5.74, 6) is -0.820. The molecule has 1 saturated heterocycles. The highest BCUT2D eigenvalue weighted by atomic mass is 32.2. The van der Waals surface area contributed by atoms with E-state index in [1.54, 1.807) is 18.2 Å². The van der Waals surface area contributed by atoms with Gasteiger partial charge < -0.3 is 10.5 Å². The Bertz CT molecular complexity index is 1370. The van der Waals surface area contributed by atoms with Crippen LogP contribution in [0.25, 0.3) is 26.4 Å². The average molecular weight is 442 g/mol. The molecule has 4 aromatic rings. The zero-order chi connectivity index (χ0) is 20.9. The molecule has 5 rings (SSSR count). The van der Waals surface area contributed by atoms with Crippen molar-refractivity contribution in [1.29, 1.82) is 0 Å². The van der Waals surface area contributed by atoms with E-state index in [0.29, 0.717) is 0 Å². The monoisotopic (exact) mass is 441 g/mol. The maximum Gasteiger partial charge on any atom is 0.239 e. The van der Waals surface area contributed by atoms with Crippen molar-refractivity contribution >= 4 is 42.3 Å². The average Bonchev–Trinajstić information content (AvgIpc) is 3.32. The van der Waals surface area contributed by atoms with E-state index in [-0.39, 0.29) is 31.0 Å². The van der Waals surface area contributed by atoms with Crippen LogP contribution in [0.4, 0.5) is 0 Å². The molecule has 2 N–H and O–H groups in total. The van der Waals surface area contributed by atoms with Gasteiger partial charge in [0.05, 0.1) is 20.8 Å². The molecular formula is C21H19N3O4S2. The first-order valence-corrected chi connectivity index (χ1v) is 11.8. The second-order valence-electron chi connectivity index (χ2n) is 7.35. The molecule has 0 saturated carbocycles. The summed E-state index contributed by atoms with van der Waals surface area (Å²) in [6.07, 6.45) is 2.08. The quantitative estimate of drug-likeness (QED) is 0.524. The number of sulfone groups is 1. The van der Waals surface area contributed by atoms with Crippen molar-refractivity contribution < 1.29 is 17.9 Å². The lowest BCUT2D eigenvalue weighted by Crippen LogP contribution is -2.53. The number of nitrogens with two attached hydrogens (primary N) is 1. The van der Waals surface area contributed by atoms with Gasteiger partial charge >= 0.3 is 0 Å². The van der Waals surface area contributed by atoms with Gasteiger partial charge in [0.1, 0.15) is 0 Å². The first kappa shape index (κ1) is 19.2. The number of benzene rings is 2. The van der Waals surface area contributed by atoms with Crippen LogP contribution < -0.4 is 5.73 Å². The number of aromatic nitrogens is 2. The molecule has 7 nitrogen and oxygen atoms in total. The highest BCUT2D eigenvalue weighted by Crippen LogP contribution is 2.37. The van der Waals surface area contributed by atoms with Crippen molar-refractivity contribution in [2.24, 2.45) is 5.73 Å². The van der Waals surface area contributed by atoms with Crippen molar-refractivity contribution in [2.45, 2.75) is 22.5 Å². The molecule has 0 aliphatic carbocycles. The van der Waals surface area contributed by atoms with Gasteiger partial charge in [0.15, 0.2) is 19.5 Å². The van der Waals surface area contributed by atoms with E-state index in [1.807, 2.05) is 40.9 Å². The van der Waals surface area contributed by atoms with E-state index in [2.05, 4.69) is 4.98 Å². The van der Waals surface area contributed by atoms with Gasteiger partial charge in [-0.05, 0) is 31.0 Å². The van der Waals surface area contributed by atoms with Crippen molar-refractivity contribution in [3.05, 3.63) is 54.7 Å². The number of ether oxygens (including phenoxy) is 1. The minimum Gasteiger partial charge on any atom is -0.381 e. The molecule has 2 aromatic carbocycles. The smallest absolute Gasteiger partial charge is 0.239 e. The summed E-state index contributed by atoms with van der Waals surface area (Å²) < 4.78 is 33.2. The number of carbonyl (C=O) groups excluding carboxylic acids is 1. The number of hydrogen-bond acceptors (Lipinski definition) is 6. The van der Waals surface area contributed by atoms with Gasteiger partial charge in [-0.15, -0.1) is 0 Å². The molecule has 3 heterocycles. The number of fused-ring (bicyclic) bond motifs is 3. The van der Waals surface area contributed by atoms with E-state index < -0.39 is 20.5 Å². The molecule has 1 aliphatic heterocycles. The van der Waals surface area contributed by atoms with E-state index in [9.17, 15) is 13.2 Å². The van der Waals surface area contributed by atoms with Crippen molar-refractivity contribution in [2.75, 3.05) is 13.2 Å². The Balaban J connectivity index is 1.60. The lowest BCUT2D eigenvalue weighted by Gasteiger charge is -2.33. The van der Waals surface area contributed by atoms with Crippen LogP contribution in [0, 0.1) is 0 Å². The molecule has 0 bridgehead atoms. The third-order valence-corrected chi connectivity index (χ3v) is 9.24. The second kappa shape index (κ2) is 6.90. The fourth-order valence-corrected chi connectivity index (χ4v) is 7.03. The molecule has 9 heteroatoms. The van der Waals surface area contributed by atoms with Crippen LogP contribution in [0.1, 0.15) is 12.8 Å². The van der Waals surface area contributed by atoms with E-state index >= 15 is 0 Å². The molecule has 1 amide bonds. The van der Waals surface area contributed by atoms with Gasteiger partial charge in [0, 0.05) is 25.0 Å². The lowest BCUT2D eigenvalue weighted by atomic mass is 9.98. The predicted octanol–water partition coefficient (Wildman–Crippen LogP) is 3.02. The number of carbonyl (C=O) groups is 1. The minimum atomic E-state index is -3.96. The normalized spacial score (nSPS) is 16.8. The third kappa shape index (κ3) is 2.77. The summed E-state index contributed by atoms with van der Waals surface area (Å²) in [6, 6.07) is 14.8. The van der Waals surface area contributed by atoms with Gasteiger partial charge in [-0.25, -0.2) is 13.4 Å². The Morgan fingerprint density at radius 2 is 1.87 bits per heavy atom. The number of amides is 1. The highest BCUT2D eigenvalue weighted by Gasteiger charge is 2.51. The molecular weight excluding hydrogens is 422 g/mol. The predicted molar refractivity (Wildman–Crippen MR) is 115 cm³/mol. The first-order valence-electron chi connectivity index (χ1n) is 9.52. The topological polar surface area (TPSA) is 104 Å². The maximum absolute atomic E-state index is 13.4.